The fraction of sp³-hybridized carbons (Fsp3) is 0.333. The van der Waals surface area contributed by atoms with Crippen molar-refractivity contribution in [2.75, 3.05) is 6.54 Å². The Morgan fingerprint density at radius 2 is 1.69 bits per heavy atom. The number of aromatic amines is 1. The van der Waals surface area contributed by atoms with Crippen molar-refractivity contribution in [2.45, 2.75) is 37.4 Å². The van der Waals surface area contributed by atoms with Gasteiger partial charge in [0.1, 0.15) is 17.8 Å². The van der Waals surface area contributed by atoms with Crippen LogP contribution >= 0.6 is 0 Å². The van der Waals surface area contributed by atoms with Gasteiger partial charge >= 0.3 is 5.97 Å². The van der Waals surface area contributed by atoms with E-state index < -0.39 is 60.7 Å². The first kappa shape index (κ1) is 26.8. The molecule has 0 aliphatic rings. The van der Waals surface area contributed by atoms with Crippen LogP contribution in [0.2, 0.25) is 0 Å². The number of rotatable bonds is 13. The molecule has 14 heteroatoms. The lowest BCUT2D eigenvalue weighted by molar-refractivity contribution is -0.143. The number of nitrogens with two attached hydrogens (primary N) is 2. The van der Waals surface area contributed by atoms with Crippen molar-refractivity contribution in [1.82, 2.24) is 25.9 Å². The second kappa shape index (κ2) is 12.7. The summed E-state index contributed by atoms with van der Waals surface area (Å²) < 4.78 is 0. The Morgan fingerprint density at radius 3 is 2.26 bits per heavy atom. The van der Waals surface area contributed by atoms with E-state index in [4.69, 9.17) is 16.6 Å². The van der Waals surface area contributed by atoms with Crippen molar-refractivity contribution in [2.24, 2.45) is 11.5 Å². The van der Waals surface area contributed by atoms with Crippen LogP contribution in [-0.4, -0.2) is 74.4 Å². The molecule has 0 saturated carbocycles. The molecule has 2 aromatic rings. The predicted octanol–water partition coefficient (Wildman–Crippen LogP) is -2.73. The summed E-state index contributed by atoms with van der Waals surface area (Å²) in [7, 11) is 0. The third-order valence-corrected chi connectivity index (χ3v) is 4.80. The maximum Gasteiger partial charge on any atom is 0.326 e. The number of carbonyl (C=O) groups excluding carboxylic acids is 4. The van der Waals surface area contributed by atoms with Gasteiger partial charge in [-0.1, -0.05) is 12.1 Å². The molecule has 1 aromatic carbocycles. The van der Waals surface area contributed by atoms with E-state index in [1.807, 2.05) is 0 Å². The van der Waals surface area contributed by atoms with Crippen LogP contribution in [0.4, 0.5) is 0 Å². The highest BCUT2D eigenvalue weighted by Gasteiger charge is 2.26. The van der Waals surface area contributed by atoms with Gasteiger partial charge < -0.3 is 42.6 Å². The molecule has 0 radical (unpaired) electrons. The Balaban J connectivity index is 2.03. The Kier molecular flexibility index (Phi) is 9.71. The van der Waals surface area contributed by atoms with Crippen LogP contribution in [0.25, 0.3) is 0 Å². The maximum absolute atomic E-state index is 12.8. The quantitative estimate of drug-likeness (QED) is 0.145. The minimum atomic E-state index is -1.55. The highest BCUT2D eigenvalue weighted by Crippen LogP contribution is 2.12. The van der Waals surface area contributed by atoms with E-state index in [9.17, 15) is 29.1 Å². The van der Waals surface area contributed by atoms with Gasteiger partial charge in [0.15, 0.2) is 0 Å². The molecule has 188 valence electrons. The summed E-state index contributed by atoms with van der Waals surface area (Å²) in [6.45, 7) is -0.622. The summed E-state index contributed by atoms with van der Waals surface area (Å²) in [5, 5.41) is 25.5. The van der Waals surface area contributed by atoms with Crippen LogP contribution in [-0.2, 0) is 36.8 Å². The molecular formula is C21H27N7O7. The van der Waals surface area contributed by atoms with Crippen LogP contribution in [0.5, 0.6) is 5.75 Å². The van der Waals surface area contributed by atoms with Crippen LogP contribution in [0.3, 0.4) is 0 Å². The lowest BCUT2D eigenvalue weighted by atomic mass is 10.0. The van der Waals surface area contributed by atoms with Gasteiger partial charge in [-0.25, -0.2) is 9.78 Å². The zero-order valence-corrected chi connectivity index (χ0v) is 18.6. The van der Waals surface area contributed by atoms with E-state index in [1.54, 1.807) is 12.1 Å². The van der Waals surface area contributed by atoms with E-state index in [0.29, 0.717) is 11.3 Å². The molecule has 1 heterocycles. The Hall–Kier alpha value is -4.46. The number of phenols is 1. The second-order valence-electron chi connectivity index (χ2n) is 7.67. The van der Waals surface area contributed by atoms with Crippen LogP contribution < -0.4 is 27.4 Å². The van der Waals surface area contributed by atoms with Crippen molar-refractivity contribution in [3.63, 3.8) is 0 Å². The lowest BCUT2D eigenvalue weighted by Gasteiger charge is -2.21. The van der Waals surface area contributed by atoms with E-state index >= 15 is 0 Å². The average molecular weight is 489 g/mol. The molecule has 10 N–H and O–H groups in total. The van der Waals surface area contributed by atoms with Gasteiger partial charge in [-0.2, -0.15) is 0 Å². The molecule has 3 atom stereocenters. The van der Waals surface area contributed by atoms with Crippen molar-refractivity contribution in [3.05, 3.63) is 48.0 Å². The number of H-pyrrole nitrogens is 1. The molecule has 1 aromatic heterocycles. The number of benzene rings is 1. The number of phenolic OH excluding ortho intramolecular Hbond substituents is 1. The van der Waals surface area contributed by atoms with Gasteiger partial charge in [0, 0.05) is 24.7 Å². The number of aromatic nitrogens is 2. The fourth-order valence-electron chi connectivity index (χ4n) is 3.02. The van der Waals surface area contributed by atoms with Gasteiger partial charge in [0.2, 0.25) is 23.6 Å². The molecular weight excluding hydrogens is 462 g/mol. The second-order valence-corrected chi connectivity index (χ2v) is 7.67. The maximum atomic E-state index is 12.8. The molecule has 14 nitrogen and oxygen atoms in total. The smallest absolute Gasteiger partial charge is 0.326 e. The number of amides is 4. The molecule has 35 heavy (non-hydrogen) atoms. The average Bonchev–Trinajstić information content (AvgIpc) is 3.30. The summed E-state index contributed by atoms with van der Waals surface area (Å²) in [6, 6.07) is 2.24. The summed E-state index contributed by atoms with van der Waals surface area (Å²) in [4.78, 5) is 66.3. The molecule has 0 bridgehead atoms. The van der Waals surface area contributed by atoms with Crippen LogP contribution in [0.1, 0.15) is 17.7 Å². The van der Waals surface area contributed by atoms with Gasteiger partial charge in [-0.3, -0.25) is 19.2 Å². The minimum absolute atomic E-state index is 0.00960. The summed E-state index contributed by atoms with van der Waals surface area (Å²) >= 11 is 0. The number of aromatic hydroxyl groups is 1. The molecule has 0 fully saturated rings. The predicted molar refractivity (Wildman–Crippen MR) is 120 cm³/mol. The number of hydrogen-bond donors (Lipinski definition) is 8. The number of carboxylic acids is 1. The van der Waals surface area contributed by atoms with Crippen molar-refractivity contribution < 1.29 is 34.2 Å². The topological polar surface area (TPSA) is 243 Å². The standard InChI is InChI=1S/C21H27N7O7/c22-14(6-12-8-24-10-26-12)19(32)28-15(5-11-1-3-13(29)4-2-11)20(33)25-9-18(31)27-16(21(34)35)7-17(23)30/h1-4,8,10,14-16,29H,5-7,9,22H2,(H2,23,30)(H,24,26)(H,25,33)(H,27,31)(H,28,32)(H,34,35). The first-order valence-corrected chi connectivity index (χ1v) is 10.4. The third kappa shape index (κ3) is 9.13. The van der Waals surface area contributed by atoms with Crippen LogP contribution in [0.15, 0.2) is 36.8 Å². The van der Waals surface area contributed by atoms with Crippen molar-refractivity contribution >= 4 is 29.6 Å². The molecule has 0 spiro atoms. The van der Waals surface area contributed by atoms with Gasteiger partial charge in [-0.05, 0) is 17.7 Å². The van der Waals surface area contributed by atoms with E-state index in [0.717, 1.165) is 0 Å². The van der Waals surface area contributed by atoms with Gasteiger partial charge in [-0.15, -0.1) is 0 Å². The normalized spacial score (nSPS) is 13.2. The molecule has 2 rings (SSSR count). The van der Waals surface area contributed by atoms with Gasteiger partial charge in [0.05, 0.1) is 25.3 Å². The third-order valence-electron chi connectivity index (χ3n) is 4.80. The molecule has 0 aliphatic carbocycles. The fourth-order valence-corrected chi connectivity index (χ4v) is 3.02. The summed E-state index contributed by atoms with van der Waals surface area (Å²) in [5.74, 6) is -4.62. The number of carboxylic acid groups (broad SMARTS) is 1. The van der Waals surface area contributed by atoms with Crippen molar-refractivity contribution in [1.29, 1.82) is 0 Å². The highest BCUT2D eigenvalue weighted by atomic mass is 16.4. The largest absolute Gasteiger partial charge is 0.508 e. The zero-order chi connectivity index (χ0) is 26.0. The number of carbonyl (C=O) groups is 5. The Morgan fingerprint density at radius 1 is 1.00 bits per heavy atom. The zero-order valence-electron chi connectivity index (χ0n) is 18.6. The molecule has 4 amide bonds. The lowest BCUT2D eigenvalue weighted by Crippen LogP contribution is -2.54. The van der Waals surface area contributed by atoms with Crippen LogP contribution in [0, 0.1) is 0 Å². The highest BCUT2D eigenvalue weighted by molar-refractivity contribution is 5.93. The Labute approximate surface area is 199 Å². The summed E-state index contributed by atoms with van der Waals surface area (Å²) in [5.41, 5.74) is 12.1. The number of nitrogens with one attached hydrogen (secondary N) is 4. The Bertz CT molecular complexity index is 1040. The van der Waals surface area contributed by atoms with Crippen molar-refractivity contribution in [3.8, 4) is 5.75 Å². The number of hydrogen-bond acceptors (Lipinski definition) is 8. The first-order chi connectivity index (χ1) is 16.5. The summed E-state index contributed by atoms with van der Waals surface area (Å²) in [6.07, 6.45) is 2.47. The van der Waals surface area contributed by atoms with E-state index in [-0.39, 0.29) is 18.6 Å². The number of aliphatic carboxylic acids is 1. The monoisotopic (exact) mass is 489 g/mol. The number of nitrogens with zero attached hydrogens (tertiary/aromatic N) is 1. The number of imidazole rings is 1. The molecule has 3 unspecified atom stereocenters. The minimum Gasteiger partial charge on any atom is -0.508 e. The molecule has 0 aliphatic heterocycles. The van der Waals surface area contributed by atoms with Gasteiger partial charge in [0.25, 0.3) is 0 Å². The van der Waals surface area contributed by atoms with E-state index in [2.05, 4.69) is 25.9 Å². The number of primary amides is 1. The SMILES string of the molecule is NC(=O)CC(NC(=O)CNC(=O)C(Cc1ccc(O)cc1)NC(=O)C(N)Cc1cnc[nH]1)C(=O)O. The first-order valence-electron chi connectivity index (χ1n) is 10.4. The molecule has 0 saturated heterocycles. The van der Waals surface area contributed by atoms with E-state index in [1.165, 1.54) is 24.7 Å².